The molecule has 0 fully saturated rings. The Morgan fingerprint density at radius 1 is 1.37 bits per heavy atom. The molecule has 0 atom stereocenters. The van der Waals surface area contributed by atoms with Crippen molar-refractivity contribution in [1.29, 1.82) is 0 Å². The number of hydrogen-bond donors (Lipinski definition) is 1. The minimum atomic E-state index is -0.309. The van der Waals surface area contributed by atoms with Gasteiger partial charge in [-0.1, -0.05) is 6.92 Å². The Labute approximate surface area is 120 Å². The molecule has 0 saturated carbocycles. The van der Waals surface area contributed by atoms with E-state index in [1.165, 1.54) is 6.07 Å². The minimum Gasteiger partial charge on any atom is -0.384 e. The molecule has 1 heterocycles. The van der Waals surface area contributed by atoms with Crippen molar-refractivity contribution in [2.24, 2.45) is 0 Å². The second kappa shape index (κ2) is 6.30. The number of nitrogens with one attached hydrogen (secondary N) is 1. The molecule has 0 aliphatic rings. The van der Waals surface area contributed by atoms with Gasteiger partial charge in [-0.15, -0.1) is 0 Å². The van der Waals surface area contributed by atoms with Crippen LogP contribution >= 0.6 is 15.9 Å². The Bertz CT molecular complexity index is 589. The van der Waals surface area contributed by atoms with Gasteiger partial charge >= 0.3 is 0 Å². The van der Waals surface area contributed by atoms with Crippen LogP contribution in [0.3, 0.4) is 0 Å². The summed E-state index contributed by atoms with van der Waals surface area (Å²) in [7, 11) is 1.62. The lowest BCUT2D eigenvalue weighted by molar-refractivity contribution is 0.182. The molecule has 0 unspecified atom stereocenters. The number of benzene rings is 1. The number of ether oxygens (including phenoxy) is 1. The zero-order chi connectivity index (χ0) is 13.8. The van der Waals surface area contributed by atoms with E-state index in [9.17, 15) is 4.39 Å². The lowest BCUT2D eigenvalue weighted by Gasteiger charge is -2.12. The lowest BCUT2D eigenvalue weighted by atomic mass is 10.1. The maximum Gasteiger partial charge on any atom is 0.139 e. The Morgan fingerprint density at radius 2 is 2.16 bits per heavy atom. The molecule has 1 aromatic heterocycles. The Morgan fingerprint density at radius 3 is 2.84 bits per heavy atom. The van der Waals surface area contributed by atoms with Gasteiger partial charge in [-0.05, 0) is 34.5 Å². The van der Waals surface area contributed by atoms with Crippen molar-refractivity contribution in [1.82, 2.24) is 4.98 Å². The highest BCUT2D eigenvalue weighted by atomic mass is 79.9. The summed E-state index contributed by atoms with van der Waals surface area (Å²) in [5.41, 5.74) is 2.38. The molecule has 19 heavy (non-hydrogen) atoms. The molecule has 102 valence electrons. The van der Waals surface area contributed by atoms with Gasteiger partial charge in [0.1, 0.15) is 5.82 Å². The molecular formula is C14H16BrFN2O. The maximum atomic E-state index is 13.6. The fraction of sp³-hybridized carbons (Fsp3) is 0.357. The van der Waals surface area contributed by atoms with Gasteiger partial charge in [0.25, 0.3) is 0 Å². The summed E-state index contributed by atoms with van der Waals surface area (Å²) in [5.74, 6) is -0.309. The number of fused-ring (bicyclic) bond motifs is 1. The van der Waals surface area contributed by atoms with Gasteiger partial charge in [-0.3, -0.25) is 4.98 Å². The van der Waals surface area contributed by atoms with Crippen LogP contribution in [-0.2, 0) is 11.3 Å². The van der Waals surface area contributed by atoms with Crippen LogP contribution in [0.15, 0.2) is 22.7 Å². The molecule has 3 nitrogen and oxygen atoms in total. The Balaban J connectivity index is 2.56. The van der Waals surface area contributed by atoms with Crippen molar-refractivity contribution in [3.05, 3.63) is 34.2 Å². The molecule has 1 N–H and O–H groups in total. The molecule has 2 aromatic rings. The molecule has 0 radical (unpaired) electrons. The third kappa shape index (κ3) is 3.22. The highest BCUT2D eigenvalue weighted by molar-refractivity contribution is 9.10. The van der Waals surface area contributed by atoms with Crippen LogP contribution in [-0.4, -0.2) is 18.6 Å². The predicted molar refractivity (Wildman–Crippen MR) is 78.9 cm³/mol. The van der Waals surface area contributed by atoms with Crippen molar-refractivity contribution in [2.75, 3.05) is 19.0 Å². The molecular weight excluding hydrogens is 311 g/mol. The number of pyridine rings is 1. The molecule has 2 rings (SSSR count). The van der Waals surface area contributed by atoms with Gasteiger partial charge in [0.05, 0.1) is 22.3 Å². The fourth-order valence-electron chi connectivity index (χ4n) is 1.90. The number of rotatable bonds is 5. The van der Waals surface area contributed by atoms with Gasteiger partial charge in [0.15, 0.2) is 0 Å². The highest BCUT2D eigenvalue weighted by Gasteiger charge is 2.09. The third-order valence-corrected chi connectivity index (χ3v) is 3.37. The Kier molecular flexibility index (Phi) is 4.71. The molecule has 5 heteroatoms. The monoisotopic (exact) mass is 326 g/mol. The van der Waals surface area contributed by atoms with E-state index >= 15 is 0 Å². The van der Waals surface area contributed by atoms with E-state index in [2.05, 4.69) is 33.2 Å². The molecule has 0 spiro atoms. The third-order valence-electron chi connectivity index (χ3n) is 2.76. The second-order valence-electron chi connectivity index (χ2n) is 4.30. The first kappa shape index (κ1) is 14.2. The number of anilines is 1. The standard InChI is InChI=1S/C14H16BrFN2O/c1-3-4-17-13-5-9(8-19-2)18-14-7-12(16)11(15)6-10(13)14/h5-7H,3-4,8H2,1-2H3,(H,17,18). The number of methoxy groups -OCH3 is 1. The molecule has 0 aliphatic heterocycles. The van der Waals surface area contributed by atoms with Gasteiger partial charge in [0, 0.05) is 30.8 Å². The first-order valence-electron chi connectivity index (χ1n) is 6.17. The SMILES string of the molecule is CCCNc1cc(COC)nc2cc(F)c(Br)cc12. The molecule has 0 aliphatic carbocycles. The van der Waals surface area contributed by atoms with E-state index in [0.29, 0.717) is 16.6 Å². The van der Waals surface area contributed by atoms with Gasteiger partial charge in [-0.25, -0.2) is 4.39 Å². The van der Waals surface area contributed by atoms with Crippen molar-refractivity contribution < 1.29 is 9.13 Å². The Hall–Kier alpha value is -1.20. The summed E-state index contributed by atoms with van der Waals surface area (Å²) >= 11 is 3.21. The van der Waals surface area contributed by atoms with Crippen molar-refractivity contribution in [3.8, 4) is 0 Å². The van der Waals surface area contributed by atoms with Crippen LogP contribution in [0.25, 0.3) is 10.9 Å². The van der Waals surface area contributed by atoms with E-state index in [1.54, 1.807) is 13.2 Å². The quantitative estimate of drug-likeness (QED) is 0.898. The second-order valence-corrected chi connectivity index (χ2v) is 5.16. The largest absolute Gasteiger partial charge is 0.384 e. The summed E-state index contributed by atoms with van der Waals surface area (Å²) in [6.07, 6.45) is 1.02. The highest BCUT2D eigenvalue weighted by Crippen LogP contribution is 2.28. The average molecular weight is 327 g/mol. The van der Waals surface area contributed by atoms with Crippen LogP contribution in [0.1, 0.15) is 19.0 Å². The van der Waals surface area contributed by atoms with Crippen LogP contribution in [0.4, 0.5) is 10.1 Å². The van der Waals surface area contributed by atoms with Crippen molar-refractivity contribution in [2.45, 2.75) is 20.0 Å². The lowest BCUT2D eigenvalue weighted by Crippen LogP contribution is -2.03. The number of nitrogens with zero attached hydrogens (tertiary/aromatic N) is 1. The topological polar surface area (TPSA) is 34.1 Å². The van der Waals surface area contributed by atoms with Crippen molar-refractivity contribution in [3.63, 3.8) is 0 Å². The summed E-state index contributed by atoms with van der Waals surface area (Å²) < 4.78 is 19.2. The van der Waals surface area contributed by atoms with Gasteiger partial charge < -0.3 is 10.1 Å². The first-order chi connectivity index (χ1) is 9.15. The number of halogens is 2. The molecule has 0 amide bonds. The van der Waals surface area contributed by atoms with E-state index in [1.807, 2.05) is 6.07 Å². The van der Waals surface area contributed by atoms with Crippen LogP contribution in [0.2, 0.25) is 0 Å². The minimum absolute atomic E-state index is 0.309. The summed E-state index contributed by atoms with van der Waals surface area (Å²) in [4.78, 5) is 4.41. The van der Waals surface area contributed by atoms with Crippen molar-refractivity contribution >= 4 is 32.5 Å². The normalized spacial score (nSPS) is 10.9. The zero-order valence-corrected chi connectivity index (χ0v) is 12.6. The summed E-state index contributed by atoms with van der Waals surface area (Å²) in [6.45, 7) is 3.37. The molecule has 1 aromatic carbocycles. The molecule has 0 saturated heterocycles. The molecule has 0 bridgehead atoms. The van der Waals surface area contributed by atoms with E-state index in [-0.39, 0.29) is 5.82 Å². The summed E-state index contributed by atoms with van der Waals surface area (Å²) in [5, 5.41) is 4.25. The predicted octanol–water partition coefficient (Wildman–Crippen LogP) is 4.10. The maximum absolute atomic E-state index is 13.6. The average Bonchev–Trinajstić information content (AvgIpc) is 2.38. The number of hydrogen-bond acceptors (Lipinski definition) is 3. The van der Waals surface area contributed by atoms with Crippen LogP contribution in [0, 0.1) is 5.82 Å². The van der Waals surface area contributed by atoms with Gasteiger partial charge in [-0.2, -0.15) is 0 Å². The van der Waals surface area contributed by atoms with E-state index in [0.717, 1.165) is 29.7 Å². The fourth-order valence-corrected chi connectivity index (χ4v) is 2.25. The first-order valence-corrected chi connectivity index (χ1v) is 6.96. The zero-order valence-electron chi connectivity index (χ0n) is 11.0. The van der Waals surface area contributed by atoms with Crippen LogP contribution in [0.5, 0.6) is 0 Å². The van der Waals surface area contributed by atoms with E-state index in [4.69, 9.17) is 4.74 Å². The summed E-state index contributed by atoms with van der Waals surface area (Å²) in [6, 6.07) is 5.15. The van der Waals surface area contributed by atoms with Gasteiger partial charge in [0.2, 0.25) is 0 Å². The van der Waals surface area contributed by atoms with Crippen LogP contribution < -0.4 is 5.32 Å². The van der Waals surface area contributed by atoms with E-state index < -0.39 is 0 Å². The smallest absolute Gasteiger partial charge is 0.139 e. The number of aromatic nitrogens is 1.